The molecule has 0 aliphatic carbocycles. The first-order valence-corrected chi connectivity index (χ1v) is 8.84. The Morgan fingerprint density at radius 2 is 1.82 bits per heavy atom. The Hall–Kier alpha value is -2.41. The monoisotopic (exact) mass is 421 g/mol. The number of pyridine rings is 1. The van der Waals surface area contributed by atoms with Gasteiger partial charge in [-0.1, -0.05) is 25.1 Å². The topological polar surface area (TPSA) is 71.8 Å². The number of hydrogen-bond acceptors (Lipinski definition) is 4. The smallest absolute Gasteiger partial charge is 0.255 e. The van der Waals surface area contributed by atoms with Gasteiger partial charge in [0.15, 0.2) is 0 Å². The third-order valence-electron chi connectivity index (χ3n) is 3.93. The second-order valence-electron chi connectivity index (χ2n) is 5.92. The molecule has 0 fully saturated rings. The highest BCUT2D eigenvalue weighted by Crippen LogP contribution is 2.22. The summed E-state index contributed by atoms with van der Waals surface area (Å²) in [6, 6.07) is 13.5. The lowest BCUT2D eigenvalue weighted by atomic mass is 10.1. The molecule has 150 valence electrons. The molecule has 0 unspecified atom stereocenters. The standard InChI is InChI=1S/C20H23N5O.2ClH/c1-2-10-21-12-13-23-20(26)18-15-25(17-8-4-3-5-9-17)24-19(18)16-7-6-11-22-14-16;;/h3-9,11,14-15,21H,2,10,12-13H2,1H3,(H,23,26);2*1H. The van der Waals surface area contributed by atoms with Crippen LogP contribution in [0.15, 0.2) is 61.1 Å². The van der Waals surface area contributed by atoms with Gasteiger partial charge in [-0.25, -0.2) is 4.68 Å². The molecule has 1 amide bonds. The van der Waals surface area contributed by atoms with E-state index in [4.69, 9.17) is 0 Å². The molecule has 0 radical (unpaired) electrons. The lowest BCUT2D eigenvalue weighted by molar-refractivity contribution is 0.0954. The van der Waals surface area contributed by atoms with Crippen LogP contribution in [0.2, 0.25) is 0 Å². The summed E-state index contributed by atoms with van der Waals surface area (Å²) in [7, 11) is 0. The maximum atomic E-state index is 12.7. The van der Waals surface area contributed by atoms with Gasteiger partial charge >= 0.3 is 0 Å². The molecule has 0 spiro atoms. The van der Waals surface area contributed by atoms with Gasteiger partial charge in [-0.3, -0.25) is 9.78 Å². The van der Waals surface area contributed by atoms with Crippen molar-refractivity contribution in [2.24, 2.45) is 0 Å². The minimum Gasteiger partial charge on any atom is -0.351 e. The number of nitrogens with one attached hydrogen (secondary N) is 2. The van der Waals surface area contributed by atoms with Crippen LogP contribution >= 0.6 is 24.8 Å². The lowest BCUT2D eigenvalue weighted by Crippen LogP contribution is -2.32. The molecule has 3 rings (SSSR count). The summed E-state index contributed by atoms with van der Waals surface area (Å²) in [5.74, 6) is -0.135. The molecule has 0 saturated carbocycles. The maximum absolute atomic E-state index is 12.7. The van der Waals surface area contributed by atoms with Crippen molar-refractivity contribution < 1.29 is 4.79 Å². The van der Waals surface area contributed by atoms with E-state index in [1.165, 1.54) is 0 Å². The number of amides is 1. The number of rotatable bonds is 8. The number of nitrogens with zero attached hydrogens (tertiary/aromatic N) is 3. The molecule has 3 aromatic rings. The van der Waals surface area contributed by atoms with Crippen LogP contribution in [0.3, 0.4) is 0 Å². The lowest BCUT2D eigenvalue weighted by Gasteiger charge is -2.06. The van der Waals surface area contributed by atoms with Crippen LogP contribution in [-0.2, 0) is 0 Å². The highest BCUT2D eigenvalue weighted by Gasteiger charge is 2.18. The first-order valence-electron chi connectivity index (χ1n) is 8.84. The van der Waals surface area contributed by atoms with Crippen molar-refractivity contribution in [3.8, 4) is 16.9 Å². The highest BCUT2D eigenvalue weighted by atomic mass is 35.5. The third kappa shape index (κ3) is 6.05. The fourth-order valence-corrected chi connectivity index (χ4v) is 2.63. The second-order valence-corrected chi connectivity index (χ2v) is 5.92. The fourth-order valence-electron chi connectivity index (χ4n) is 2.63. The van der Waals surface area contributed by atoms with Crippen LogP contribution < -0.4 is 10.6 Å². The fraction of sp³-hybridized carbons (Fsp3) is 0.250. The Kier molecular flexibility index (Phi) is 10.2. The van der Waals surface area contributed by atoms with Gasteiger partial charge in [0.05, 0.1) is 11.3 Å². The number of para-hydroxylation sites is 1. The number of carbonyl (C=O) groups excluding carboxylic acids is 1. The van der Waals surface area contributed by atoms with E-state index in [1.54, 1.807) is 23.3 Å². The predicted octanol–water partition coefficient (Wildman–Crippen LogP) is 3.51. The molecule has 2 heterocycles. The number of benzene rings is 1. The average molecular weight is 422 g/mol. The average Bonchev–Trinajstić information content (AvgIpc) is 3.15. The molecule has 0 aliphatic rings. The molecular weight excluding hydrogens is 397 g/mol. The van der Waals surface area contributed by atoms with Gasteiger partial charge in [-0.05, 0) is 37.2 Å². The molecule has 8 heteroatoms. The summed E-state index contributed by atoms with van der Waals surface area (Å²) in [4.78, 5) is 16.9. The molecule has 0 aliphatic heterocycles. The summed E-state index contributed by atoms with van der Waals surface area (Å²) in [5, 5.41) is 10.9. The zero-order valence-corrected chi connectivity index (χ0v) is 17.3. The van der Waals surface area contributed by atoms with E-state index in [0.29, 0.717) is 17.8 Å². The Balaban J connectivity index is 0.00000196. The largest absolute Gasteiger partial charge is 0.351 e. The van der Waals surface area contributed by atoms with Crippen molar-refractivity contribution >= 4 is 30.7 Å². The summed E-state index contributed by atoms with van der Waals surface area (Å²) in [5.41, 5.74) is 2.89. The normalized spacial score (nSPS) is 9.89. The van der Waals surface area contributed by atoms with E-state index >= 15 is 0 Å². The van der Waals surface area contributed by atoms with E-state index < -0.39 is 0 Å². The van der Waals surface area contributed by atoms with Crippen LogP contribution in [0.5, 0.6) is 0 Å². The Bertz CT molecular complexity index is 840. The summed E-state index contributed by atoms with van der Waals surface area (Å²) in [6.07, 6.45) is 6.27. The maximum Gasteiger partial charge on any atom is 0.255 e. The molecule has 0 saturated heterocycles. The Labute approximate surface area is 177 Å². The summed E-state index contributed by atoms with van der Waals surface area (Å²) >= 11 is 0. The number of aromatic nitrogens is 3. The van der Waals surface area contributed by atoms with Crippen molar-refractivity contribution in [1.82, 2.24) is 25.4 Å². The number of halogens is 2. The molecule has 2 aromatic heterocycles. The molecular formula is C20H25Cl2N5O. The third-order valence-corrected chi connectivity index (χ3v) is 3.93. The van der Waals surface area contributed by atoms with Gasteiger partial charge in [0.2, 0.25) is 0 Å². The van der Waals surface area contributed by atoms with E-state index in [0.717, 1.165) is 30.8 Å². The van der Waals surface area contributed by atoms with Crippen molar-refractivity contribution in [3.05, 3.63) is 66.6 Å². The number of hydrogen-bond donors (Lipinski definition) is 2. The SMILES string of the molecule is CCCNCCNC(=O)c1cn(-c2ccccc2)nc1-c1cccnc1.Cl.Cl. The van der Waals surface area contributed by atoms with Crippen molar-refractivity contribution in [3.63, 3.8) is 0 Å². The molecule has 6 nitrogen and oxygen atoms in total. The molecule has 0 bridgehead atoms. The van der Waals surface area contributed by atoms with E-state index in [2.05, 4.69) is 27.6 Å². The first kappa shape index (κ1) is 23.6. The predicted molar refractivity (Wildman–Crippen MR) is 117 cm³/mol. The van der Waals surface area contributed by atoms with Gasteiger partial charge < -0.3 is 10.6 Å². The summed E-state index contributed by atoms with van der Waals surface area (Å²) in [6.45, 7) is 4.38. The van der Waals surface area contributed by atoms with E-state index in [1.807, 2.05) is 42.5 Å². The van der Waals surface area contributed by atoms with Crippen molar-refractivity contribution in [2.45, 2.75) is 13.3 Å². The minimum absolute atomic E-state index is 0. The van der Waals surface area contributed by atoms with Crippen LogP contribution in [0.4, 0.5) is 0 Å². The zero-order valence-electron chi connectivity index (χ0n) is 15.7. The quantitative estimate of drug-likeness (QED) is 0.545. The van der Waals surface area contributed by atoms with E-state index in [9.17, 15) is 4.79 Å². The number of carbonyl (C=O) groups is 1. The van der Waals surface area contributed by atoms with Crippen LogP contribution in [0.1, 0.15) is 23.7 Å². The molecule has 2 N–H and O–H groups in total. The Morgan fingerprint density at radius 3 is 2.50 bits per heavy atom. The van der Waals surface area contributed by atoms with Crippen LogP contribution in [0, 0.1) is 0 Å². The molecule has 1 aromatic carbocycles. The van der Waals surface area contributed by atoms with Gasteiger partial charge in [0, 0.05) is 37.2 Å². The van der Waals surface area contributed by atoms with Gasteiger partial charge in [0.25, 0.3) is 5.91 Å². The summed E-state index contributed by atoms with van der Waals surface area (Å²) < 4.78 is 1.73. The molecule has 28 heavy (non-hydrogen) atoms. The van der Waals surface area contributed by atoms with Crippen LogP contribution in [-0.4, -0.2) is 40.3 Å². The van der Waals surface area contributed by atoms with Crippen molar-refractivity contribution in [1.29, 1.82) is 0 Å². The molecule has 0 atom stereocenters. The van der Waals surface area contributed by atoms with E-state index in [-0.39, 0.29) is 30.7 Å². The second kappa shape index (κ2) is 12.1. The zero-order chi connectivity index (χ0) is 18.2. The highest BCUT2D eigenvalue weighted by molar-refractivity contribution is 5.99. The van der Waals surface area contributed by atoms with Crippen LogP contribution in [0.25, 0.3) is 16.9 Å². The minimum atomic E-state index is -0.135. The van der Waals surface area contributed by atoms with Gasteiger partial charge in [-0.15, -0.1) is 24.8 Å². The van der Waals surface area contributed by atoms with Gasteiger partial charge in [0.1, 0.15) is 5.69 Å². The Morgan fingerprint density at radius 1 is 1.04 bits per heavy atom. The first-order chi connectivity index (χ1) is 12.8. The van der Waals surface area contributed by atoms with Crippen molar-refractivity contribution in [2.75, 3.05) is 19.6 Å². The van der Waals surface area contributed by atoms with Gasteiger partial charge in [-0.2, -0.15) is 5.10 Å².